The van der Waals surface area contributed by atoms with Gasteiger partial charge in [0.1, 0.15) is 11.4 Å². The van der Waals surface area contributed by atoms with Gasteiger partial charge in [-0.2, -0.15) is 18.3 Å². The van der Waals surface area contributed by atoms with Gasteiger partial charge in [0.2, 0.25) is 0 Å². The third kappa shape index (κ3) is 3.47. The lowest BCUT2D eigenvalue weighted by atomic mass is 10.1. The van der Waals surface area contributed by atoms with Gasteiger partial charge < -0.3 is 10.4 Å². The highest BCUT2D eigenvalue weighted by Crippen LogP contribution is 2.34. The predicted octanol–water partition coefficient (Wildman–Crippen LogP) is 4.05. The van der Waals surface area contributed by atoms with Gasteiger partial charge in [-0.3, -0.25) is 9.89 Å². The number of aromatic amines is 1. The molecule has 1 heterocycles. The Labute approximate surface area is 140 Å². The predicted molar refractivity (Wildman–Crippen MR) is 85.1 cm³/mol. The van der Waals surface area contributed by atoms with Gasteiger partial charge in [-0.15, -0.1) is 0 Å². The van der Waals surface area contributed by atoms with Crippen LogP contribution in [0.5, 0.6) is 5.75 Å². The standard InChI is InChI=1S/C17H12F3N3O2/c18-17(19,20)11-6-2-3-7-12(11)21-16(25)14-9-13(22-23-14)10-5-1-4-8-15(10)24/h1-9,24H,(H,21,25)(H,22,23). The van der Waals surface area contributed by atoms with Gasteiger partial charge in [-0.05, 0) is 30.3 Å². The number of alkyl halides is 3. The van der Waals surface area contributed by atoms with Crippen molar-refractivity contribution in [3.8, 4) is 17.0 Å². The Kier molecular flexibility index (Phi) is 4.18. The molecule has 0 atom stereocenters. The second-order valence-electron chi connectivity index (χ2n) is 5.18. The average molecular weight is 347 g/mol. The van der Waals surface area contributed by atoms with Crippen LogP contribution >= 0.6 is 0 Å². The molecule has 0 bridgehead atoms. The first-order valence-corrected chi connectivity index (χ1v) is 7.17. The van der Waals surface area contributed by atoms with E-state index in [1.54, 1.807) is 18.2 Å². The molecule has 0 fully saturated rings. The fraction of sp³-hybridized carbons (Fsp3) is 0.0588. The molecule has 3 N–H and O–H groups in total. The highest BCUT2D eigenvalue weighted by molar-refractivity contribution is 6.04. The lowest BCUT2D eigenvalue weighted by molar-refractivity contribution is -0.136. The number of nitrogens with zero attached hydrogens (tertiary/aromatic N) is 1. The van der Waals surface area contributed by atoms with Crippen LogP contribution in [0.1, 0.15) is 16.1 Å². The third-order valence-corrected chi connectivity index (χ3v) is 3.48. The van der Waals surface area contributed by atoms with Gasteiger partial charge in [0, 0.05) is 5.56 Å². The Balaban J connectivity index is 1.86. The Morgan fingerprint density at radius 2 is 1.76 bits per heavy atom. The van der Waals surface area contributed by atoms with Gasteiger partial charge in [0.25, 0.3) is 5.91 Å². The first kappa shape index (κ1) is 16.6. The first-order valence-electron chi connectivity index (χ1n) is 7.17. The molecule has 0 saturated carbocycles. The van der Waals surface area contributed by atoms with E-state index in [2.05, 4.69) is 15.5 Å². The number of carbonyl (C=O) groups is 1. The zero-order valence-corrected chi connectivity index (χ0v) is 12.6. The van der Waals surface area contributed by atoms with Crippen molar-refractivity contribution in [1.29, 1.82) is 0 Å². The number of amides is 1. The summed E-state index contributed by atoms with van der Waals surface area (Å²) in [5, 5.41) is 18.4. The molecular weight excluding hydrogens is 335 g/mol. The minimum atomic E-state index is -4.58. The Hall–Kier alpha value is -3.29. The van der Waals surface area contributed by atoms with E-state index in [0.717, 1.165) is 6.07 Å². The smallest absolute Gasteiger partial charge is 0.418 e. The van der Waals surface area contributed by atoms with E-state index in [-0.39, 0.29) is 17.1 Å². The molecule has 0 aliphatic carbocycles. The van der Waals surface area contributed by atoms with Crippen LogP contribution < -0.4 is 5.32 Å². The van der Waals surface area contributed by atoms with E-state index in [1.165, 1.54) is 30.3 Å². The summed E-state index contributed by atoms with van der Waals surface area (Å²) in [5.41, 5.74) is -0.626. The van der Waals surface area contributed by atoms with E-state index in [0.29, 0.717) is 11.3 Å². The molecule has 128 valence electrons. The topological polar surface area (TPSA) is 78.0 Å². The van der Waals surface area contributed by atoms with Crippen LogP contribution in [0.4, 0.5) is 18.9 Å². The van der Waals surface area contributed by atoms with Crippen molar-refractivity contribution in [3.63, 3.8) is 0 Å². The number of para-hydroxylation sites is 2. The van der Waals surface area contributed by atoms with Crippen molar-refractivity contribution >= 4 is 11.6 Å². The van der Waals surface area contributed by atoms with Gasteiger partial charge in [-0.25, -0.2) is 0 Å². The maximum Gasteiger partial charge on any atom is 0.418 e. The molecular formula is C17H12F3N3O2. The Morgan fingerprint density at radius 3 is 2.48 bits per heavy atom. The van der Waals surface area contributed by atoms with Crippen LogP contribution in [-0.2, 0) is 6.18 Å². The Morgan fingerprint density at radius 1 is 1.08 bits per heavy atom. The molecule has 0 saturated heterocycles. The SMILES string of the molecule is O=C(Nc1ccccc1C(F)(F)F)c1cc(-c2ccccc2O)n[nH]1. The van der Waals surface area contributed by atoms with Crippen molar-refractivity contribution in [3.05, 3.63) is 65.9 Å². The molecule has 0 aliphatic rings. The average Bonchev–Trinajstić information content (AvgIpc) is 3.04. The molecule has 3 aromatic rings. The van der Waals surface area contributed by atoms with Gasteiger partial charge in [-0.1, -0.05) is 24.3 Å². The molecule has 25 heavy (non-hydrogen) atoms. The molecule has 0 radical (unpaired) electrons. The number of phenolic OH excluding ortho intramolecular Hbond substituents is 1. The summed E-state index contributed by atoms with van der Waals surface area (Å²) in [6, 6.07) is 12.4. The number of anilines is 1. The number of aromatic hydroxyl groups is 1. The summed E-state index contributed by atoms with van der Waals surface area (Å²) in [6.07, 6.45) is -4.58. The monoisotopic (exact) mass is 347 g/mol. The minimum absolute atomic E-state index is 0.0247. The summed E-state index contributed by atoms with van der Waals surface area (Å²) in [4.78, 5) is 12.2. The van der Waals surface area contributed by atoms with E-state index < -0.39 is 17.6 Å². The van der Waals surface area contributed by atoms with Crippen LogP contribution in [0.15, 0.2) is 54.6 Å². The fourth-order valence-corrected chi connectivity index (χ4v) is 2.30. The highest BCUT2D eigenvalue weighted by Gasteiger charge is 2.33. The summed E-state index contributed by atoms with van der Waals surface area (Å²) in [5.74, 6) is -0.797. The largest absolute Gasteiger partial charge is 0.507 e. The summed E-state index contributed by atoms with van der Waals surface area (Å²) < 4.78 is 38.9. The van der Waals surface area contributed by atoms with Gasteiger partial charge in [0.15, 0.2) is 0 Å². The lowest BCUT2D eigenvalue weighted by Crippen LogP contribution is -2.16. The van der Waals surface area contributed by atoms with Crippen molar-refractivity contribution < 1.29 is 23.1 Å². The van der Waals surface area contributed by atoms with Crippen molar-refractivity contribution in [1.82, 2.24) is 10.2 Å². The number of H-pyrrole nitrogens is 1. The second-order valence-corrected chi connectivity index (χ2v) is 5.18. The highest BCUT2D eigenvalue weighted by atomic mass is 19.4. The number of halogens is 3. The zero-order chi connectivity index (χ0) is 18.0. The molecule has 1 amide bonds. The normalized spacial score (nSPS) is 11.3. The number of rotatable bonds is 3. The van der Waals surface area contributed by atoms with Crippen LogP contribution in [0.2, 0.25) is 0 Å². The first-order chi connectivity index (χ1) is 11.9. The quantitative estimate of drug-likeness (QED) is 0.669. The summed E-state index contributed by atoms with van der Waals surface area (Å²) in [6.45, 7) is 0. The van der Waals surface area contributed by atoms with Crippen LogP contribution in [0.3, 0.4) is 0 Å². The summed E-state index contributed by atoms with van der Waals surface area (Å²) in [7, 11) is 0. The van der Waals surface area contributed by atoms with Crippen LogP contribution in [0, 0.1) is 0 Å². The number of nitrogens with one attached hydrogen (secondary N) is 2. The molecule has 0 unspecified atom stereocenters. The minimum Gasteiger partial charge on any atom is -0.507 e. The third-order valence-electron chi connectivity index (χ3n) is 3.48. The Bertz CT molecular complexity index is 919. The van der Waals surface area contributed by atoms with Crippen LogP contribution in [-0.4, -0.2) is 21.2 Å². The van der Waals surface area contributed by atoms with Crippen LogP contribution in [0.25, 0.3) is 11.3 Å². The number of benzene rings is 2. The van der Waals surface area contributed by atoms with E-state index in [4.69, 9.17) is 0 Å². The number of hydrogen-bond donors (Lipinski definition) is 3. The second kappa shape index (κ2) is 6.31. The summed E-state index contributed by atoms with van der Waals surface area (Å²) >= 11 is 0. The number of hydrogen-bond acceptors (Lipinski definition) is 3. The zero-order valence-electron chi connectivity index (χ0n) is 12.6. The molecule has 8 heteroatoms. The van der Waals surface area contributed by atoms with Crippen molar-refractivity contribution in [2.24, 2.45) is 0 Å². The maximum atomic E-state index is 13.0. The molecule has 0 aliphatic heterocycles. The maximum absolute atomic E-state index is 13.0. The molecule has 0 spiro atoms. The molecule has 2 aromatic carbocycles. The molecule has 3 rings (SSSR count). The van der Waals surface area contributed by atoms with E-state index in [1.807, 2.05) is 0 Å². The van der Waals surface area contributed by atoms with Crippen molar-refractivity contribution in [2.75, 3.05) is 5.32 Å². The van der Waals surface area contributed by atoms with Crippen molar-refractivity contribution in [2.45, 2.75) is 6.18 Å². The van der Waals surface area contributed by atoms with Gasteiger partial charge >= 0.3 is 6.18 Å². The molecule has 5 nitrogen and oxygen atoms in total. The van der Waals surface area contributed by atoms with E-state index in [9.17, 15) is 23.1 Å². The number of phenols is 1. The number of carbonyl (C=O) groups excluding carboxylic acids is 1. The van der Waals surface area contributed by atoms with E-state index >= 15 is 0 Å². The van der Waals surface area contributed by atoms with Gasteiger partial charge in [0.05, 0.1) is 16.9 Å². The molecule has 1 aromatic heterocycles. The number of aromatic nitrogens is 2. The fourth-order valence-electron chi connectivity index (χ4n) is 2.30. The lowest BCUT2D eigenvalue weighted by Gasteiger charge is -2.12.